The molecule has 0 saturated carbocycles. The Morgan fingerprint density at radius 2 is 2.06 bits per heavy atom. The lowest BCUT2D eigenvalue weighted by Gasteiger charge is -2.31. The van der Waals surface area contributed by atoms with Crippen molar-refractivity contribution >= 4 is 11.6 Å². The molecule has 1 heterocycles. The number of nitrogens with zero attached hydrogens (tertiary/aromatic N) is 2. The molecular formula is C12H21N3O. The second-order valence-electron chi connectivity index (χ2n) is 3.81. The zero-order valence-electron chi connectivity index (χ0n) is 10.1. The second kappa shape index (κ2) is 6.33. The van der Waals surface area contributed by atoms with Crippen LogP contribution in [0.2, 0.25) is 0 Å². The van der Waals surface area contributed by atoms with E-state index < -0.39 is 0 Å². The maximum atomic E-state index is 9.11. The van der Waals surface area contributed by atoms with Gasteiger partial charge in [0.25, 0.3) is 0 Å². The third kappa shape index (κ3) is 3.10. The van der Waals surface area contributed by atoms with E-state index in [1.54, 1.807) is 6.07 Å². The summed E-state index contributed by atoms with van der Waals surface area (Å²) in [5, 5.41) is 9.11. The molecule has 1 aromatic rings. The molecule has 0 bridgehead atoms. The summed E-state index contributed by atoms with van der Waals surface area (Å²) in [7, 11) is 0. The zero-order valence-corrected chi connectivity index (χ0v) is 10.1. The van der Waals surface area contributed by atoms with Crippen LogP contribution < -0.4 is 10.6 Å². The number of pyridine rings is 1. The lowest BCUT2D eigenvalue weighted by atomic mass is 10.1. The normalized spacial score (nSPS) is 10.8. The summed E-state index contributed by atoms with van der Waals surface area (Å²) in [4.78, 5) is 6.42. The Hall–Kier alpha value is -1.29. The molecular weight excluding hydrogens is 202 g/mol. The van der Waals surface area contributed by atoms with E-state index in [0.717, 1.165) is 18.7 Å². The molecule has 0 unspecified atom stereocenters. The van der Waals surface area contributed by atoms with Gasteiger partial charge in [0, 0.05) is 12.6 Å². The first kappa shape index (κ1) is 12.8. The van der Waals surface area contributed by atoms with E-state index in [1.165, 1.54) is 0 Å². The minimum Gasteiger partial charge on any atom is -0.395 e. The Labute approximate surface area is 97.1 Å². The van der Waals surface area contributed by atoms with E-state index in [-0.39, 0.29) is 6.61 Å². The predicted molar refractivity (Wildman–Crippen MR) is 67.5 cm³/mol. The van der Waals surface area contributed by atoms with Crippen molar-refractivity contribution in [2.45, 2.75) is 32.7 Å². The molecule has 0 spiro atoms. The van der Waals surface area contributed by atoms with E-state index >= 15 is 0 Å². The molecule has 0 amide bonds. The molecule has 1 rings (SSSR count). The van der Waals surface area contributed by atoms with Crippen LogP contribution in [0.15, 0.2) is 18.2 Å². The molecule has 0 aliphatic heterocycles. The molecule has 4 heteroatoms. The van der Waals surface area contributed by atoms with Gasteiger partial charge in [-0.3, -0.25) is 0 Å². The van der Waals surface area contributed by atoms with Crippen molar-refractivity contribution in [2.24, 2.45) is 0 Å². The maximum absolute atomic E-state index is 9.11. The lowest BCUT2D eigenvalue weighted by molar-refractivity contribution is 0.295. The number of aliphatic hydroxyl groups excluding tert-OH is 1. The summed E-state index contributed by atoms with van der Waals surface area (Å²) < 4.78 is 0. The van der Waals surface area contributed by atoms with Gasteiger partial charge in [-0.15, -0.1) is 0 Å². The van der Waals surface area contributed by atoms with Crippen molar-refractivity contribution < 1.29 is 5.11 Å². The zero-order chi connectivity index (χ0) is 12.0. The standard InChI is InChI=1S/C12H21N3O/c1-3-10(4-2)15(8-9-16)12-7-5-6-11(13)14-12/h5-7,10,16H,3-4,8-9H2,1-2H3,(H2,13,14). The van der Waals surface area contributed by atoms with Crippen molar-refractivity contribution in [2.75, 3.05) is 23.8 Å². The van der Waals surface area contributed by atoms with E-state index in [1.807, 2.05) is 12.1 Å². The fourth-order valence-electron chi connectivity index (χ4n) is 1.92. The minimum atomic E-state index is 0.132. The topological polar surface area (TPSA) is 62.4 Å². The van der Waals surface area contributed by atoms with Gasteiger partial charge in [0.1, 0.15) is 11.6 Å². The van der Waals surface area contributed by atoms with Crippen LogP contribution in [-0.4, -0.2) is 29.3 Å². The first-order valence-corrected chi connectivity index (χ1v) is 5.82. The molecule has 1 aromatic heterocycles. The van der Waals surface area contributed by atoms with Gasteiger partial charge < -0.3 is 15.7 Å². The van der Waals surface area contributed by atoms with Gasteiger partial charge in [-0.2, -0.15) is 0 Å². The van der Waals surface area contributed by atoms with E-state index in [9.17, 15) is 0 Å². The highest BCUT2D eigenvalue weighted by Gasteiger charge is 2.16. The number of aliphatic hydroxyl groups is 1. The number of hydrogen-bond acceptors (Lipinski definition) is 4. The molecule has 16 heavy (non-hydrogen) atoms. The number of nitrogen functional groups attached to an aromatic ring is 1. The van der Waals surface area contributed by atoms with E-state index in [0.29, 0.717) is 18.4 Å². The minimum absolute atomic E-state index is 0.132. The Morgan fingerprint density at radius 1 is 1.38 bits per heavy atom. The highest BCUT2D eigenvalue weighted by atomic mass is 16.3. The van der Waals surface area contributed by atoms with Gasteiger partial charge >= 0.3 is 0 Å². The van der Waals surface area contributed by atoms with Crippen molar-refractivity contribution in [1.29, 1.82) is 0 Å². The predicted octanol–water partition coefficient (Wildman–Crippen LogP) is 1.65. The van der Waals surface area contributed by atoms with Crippen LogP contribution in [0.3, 0.4) is 0 Å². The molecule has 90 valence electrons. The van der Waals surface area contributed by atoms with Gasteiger partial charge in [0.2, 0.25) is 0 Å². The van der Waals surface area contributed by atoms with Gasteiger partial charge in [-0.25, -0.2) is 4.98 Å². The Kier molecular flexibility index (Phi) is 5.05. The summed E-state index contributed by atoms with van der Waals surface area (Å²) in [5.74, 6) is 1.37. The molecule has 0 aromatic carbocycles. The first-order chi connectivity index (χ1) is 7.72. The number of hydrogen-bond donors (Lipinski definition) is 2. The average molecular weight is 223 g/mol. The summed E-state index contributed by atoms with van der Waals surface area (Å²) in [6, 6.07) is 6.00. The maximum Gasteiger partial charge on any atom is 0.131 e. The molecule has 0 radical (unpaired) electrons. The number of anilines is 2. The molecule has 0 aliphatic carbocycles. The highest BCUT2D eigenvalue weighted by Crippen LogP contribution is 2.18. The second-order valence-corrected chi connectivity index (χ2v) is 3.81. The van der Waals surface area contributed by atoms with Crippen LogP contribution in [0.1, 0.15) is 26.7 Å². The number of nitrogens with two attached hydrogens (primary N) is 1. The number of rotatable bonds is 6. The largest absolute Gasteiger partial charge is 0.395 e. The van der Waals surface area contributed by atoms with Crippen molar-refractivity contribution in [1.82, 2.24) is 4.98 Å². The van der Waals surface area contributed by atoms with Crippen molar-refractivity contribution in [3.8, 4) is 0 Å². The SMILES string of the molecule is CCC(CC)N(CCO)c1cccc(N)n1. The van der Waals surface area contributed by atoms with Crippen LogP contribution in [-0.2, 0) is 0 Å². The third-order valence-corrected chi connectivity index (χ3v) is 2.77. The van der Waals surface area contributed by atoms with Crippen molar-refractivity contribution in [3.05, 3.63) is 18.2 Å². The third-order valence-electron chi connectivity index (χ3n) is 2.77. The van der Waals surface area contributed by atoms with Crippen molar-refractivity contribution in [3.63, 3.8) is 0 Å². The highest BCUT2D eigenvalue weighted by molar-refractivity contribution is 5.45. The molecule has 0 aliphatic rings. The van der Waals surface area contributed by atoms with Crippen LogP contribution >= 0.6 is 0 Å². The van der Waals surface area contributed by atoms with E-state index in [4.69, 9.17) is 10.8 Å². The molecule has 0 fully saturated rings. The van der Waals surface area contributed by atoms with Crippen LogP contribution in [0.25, 0.3) is 0 Å². The Morgan fingerprint density at radius 3 is 2.56 bits per heavy atom. The first-order valence-electron chi connectivity index (χ1n) is 5.82. The quantitative estimate of drug-likeness (QED) is 0.769. The molecule has 4 nitrogen and oxygen atoms in total. The monoisotopic (exact) mass is 223 g/mol. The summed E-state index contributed by atoms with van der Waals surface area (Å²) in [6.45, 7) is 5.02. The van der Waals surface area contributed by atoms with Gasteiger partial charge in [0.05, 0.1) is 6.61 Å². The molecule has 0 saturated heterocycles. The smallest absolute Gasteiger partial charge is 0.131 e. The van der Waals surface area contributed by atoms with Crippen LogP contribution in [0.5, 0.6) is 0 Å². The molecule has 3 N–H and O–H groups in total. The fraction of sp³-hybridized carbons (Fsp3) is 0.583. The fourth-order valence-corrected chi connectivity index (χ4v) is 1.92. The summed E-state index contributed by atoms with van der Waals surface area (Å²) >= 11 is 0. The Bertz CT molecular complexity index is 313. The number of aromatic nitrogens is 1. The van der Waals surface area contributed by atoms with E-state index in [2.05, 4.69) is 23.7 Å². The lowest BCUT2D eigenvalue weighted by Crippen LogP contribution is -2.37. The van der Waals surface area contributed by atoms with Gasteiger partial charge in [0.15, 0.2) is 0 Å². The summed E-state index contributed by atoms with van der Waals surface area (Å²) in [5.41, 5.74) is 5.68. The Balaban J connectivity index is 2.91. The van der Waals surface area contributed by atoms with Gasteiger partial charge in [-0.1, -0.05) is 19.9 Å². The average Bonchev–Trinajstić information content (AvgIpc) is 2.29. The summed E-state index contributed by atoms with van der Waals surface area (Å²) in [6.07, 6.45) is 2.07. The van der Waals surface area contributed by atoms with Crippen LogP contribution in [0.4, 0.5) is 11.6 Å². The van der Waals surface area contributed by atoms with Gasteiger partial charge in [-0.05, 0) is 25.0 Å². The molecule has 0 atom stereocenters. The van der Waals surface area contributed by atoms with Crippen LogP contribution in [0, 0.1) is 0 Å².